The first kappa shape index (κ1) is 29.0. The van der Waals surface area contributed by atoms with Crippen molar-refractivity contribution in [1.82, 2.24) is 15.1 Å². The van der Waals surface area contributed by atoms with E-state index in [2.05, 4.69) is 57.6 Å². The Morgan fingerprint density at radius 2 is 1.48 bits per heavy atom. The van der Waals surface area contributed by atoms with Crippen molar-refractivity contribution in [3.8, 4) is 16.9 Å². The van der Waals surface area contributed by atoms with Gasteiger partial charge in [-0.25, -0.2) is 4.99 Å². The van der Waals surface area contributed by atoms with E-state index in [9.17, 15) is 9.59 Å². The van der Waals surface area contributed by atoms with E-state index in [-0.39, 0.29) is 24.3 Å². The van der Waals surface area contributed by atoms with Gasteiger partial charge in [0, 0.05) is 50.9 Å². The van der Waals surface area contributed by atoms with E-state index in [1.165, 1.54) is 0 Å². The molecule has 2 aliphatic heterocycles. The van der Waals surface area contributed by atoms with Gasteiger partial charge in [-0.15, -0.1) is 0 Å². The minimum atomic E-state index is -0.275. The highest BCUT2D eigenvalue weighted by atomic mass is 16.5. The number of ether oxygens (including phenoxy) is 1. The first-order chi connectivity index (χ1) is 21.5. The van der Waals surface area contributed by atoms with Gasteiger partial charge in [0.05, 0.1) is 25.3 Å². The third-order valence-electron chi connectivity index (χ3n) is 8.33. The molecule has 0 aliphatic carbocycles. The number of piperazine rings is 1. The summed E-state index contributed by atoms with van der Waals surface area (Å²) in [6.45, 7) is 4.63. The maximum atomic E-state index is 13.6. The topological polar surface area (TPSA) is 77.5 Å². The van der Waals surface area contributed by atoms with Crippen molar-refractivity contribution < 1.29 is 14.3 Å². The Hall–Kier alpha value is -5.11. The van der Waals surface area contributed by atoms with Crippen molar-refractivity contribution in [2.45, 2.75) is 25.9 Å². The molecule has 0 aromatic heterocycles. The number of guanidine groups is 1. The average Bonchev–Trinajstić information content (AvgIpc) is 3.08. The molecular formula is C36H37N5O3. The zero-order valence-corrected chi connectivity index (χ0v) is 25.1. The number of nitrogens with zero attached hydrogens (tertiary/aromatic N) is 4. The molecule has 0 spiro atoms. The second-order valence-corrected chi connectivity index (χ2v) is 11.1. The summed E-state index contributed by atoms with van der Waals surface area (Å²) in [5.41, 5.74) is 6.09. The number of fused-ring (bicyclic) bond motifs is 1. The van der Waals surface area contributed by atoms with E-state index in [0.29, 0.717) is 32.7 Å². The van der Waals surface area contributed by atoms with Crippen molar-refractivity contribution in [3.05, 3.63) is 114 Å². The third-order valence-corrected chi connectivity index (χ3v) is 8.33. The van der Waals surface area contributed by atoms with Crippen LogP contribution < -0.4 is 15.0 Å². The zero-order valence-electron chi connectivity index (χ0n) is 25.1. The summed E-state index contributed by atoms with van der Waals surface area (Å²) in [6, 6.07) is 34.3. The van der Waals surface area contributed by atoms with Gasteiger partial charge in [-0.2, -0.15) is 0 Å². The van der Waals surface area contributed by atoms with Gasteiger partial charge in [0.15, 0.2) is 0 Å². The molecule has 1 saturated heterocycles. The van der Waals surface area contributed by atoms with Gasteiger partial charge in [0.1, 0.15) is 5.75 Å². The number of para-hydroxylation sites is 1. The van der Waals surface area contributed by atoms with Gasteiger partial charge in [-0.1, -0.05) is 72.8 Å². The molecule has 8 nitrogen and oxygen atoms in total. The quantitative estimate of drug-likeness (QED) is 0.297. The smallest absolute Gasteiger partial charge is 0.222 e. The SMILES string of the molecule is COc1ccc(CNC(=O)CC2c3ccccc3N=C(N3CCN(C(C)=O)CC3)N2c2ccc(-c3ccccc3)cc2)cc1. The maximum Gasteiger partial charge on any atom is 0.222 e. The van der Waals surface area contributed by atoms with E-state index in [0.717, 1.165) is 45.3 Å². The molecule has 8 heteroatoms. The number of amides is 2. The fourth-order valence-electron chi connectivity index (χ4n) is 5.89. The molecule has 4 aromatic carbocycles. The molecule has 0 saturated carbocycles. The molecule has 6 rings (SSSR count). The molecule has 1 N–H and O–H groups in total. The Balaban J connectivity index is 1.32. The number of aliphatic imine (C=N–C) groups is 1. The summed E-state index contributed by atoms with van der Waals surface area (Å²) < 4.78 is 5.27. The number of carbonyl (C=O) groups excluding carboxylic acids is 2. The number of hydrogen-bond acceptors (Lipinski definition) is 6. The Bertz CT molecular complexity index is 1630. The molecule has 1 fully saturated rings. The molecule has 224 valence electrons. The molecule has 1 atom stereocenters. The minimum absolute atomic E-state index is 0.0471. The highest BCUT2D eigenvalue weighted by Crippen LogP contribution is 2.41. The zero-order chi connectivity index (χ0) is 30.5. The summed E-state index contributed by atoms with van der Waals surface area (Å²) in [5.74, 6) is 1.62. The summed E-state index contributed by atoms with van der Waals surface area (Å²) in [7, 11) is 1.64. The van der Waals surface area contributed by atoms with Crippen LogP contribution in [0.3, 0.4) is 0 Å². The lowest BCUT2D eigenvalue weighted by atomic mass is 9.96. The minimum Gasteiger partial charge on any atom is -0.497 e. The van der Waals surface area contributed by atoms with Crippen LogP contribution in [0.1, 0.15) is 30.5 Å². The number of anilines is 1. The van der Waals surface area contributed by atoms with Crippen LogP contribution in [0.15, 0.2) is 108 Å². The van der Waals surface area contributed by atoms with Gasteiger partial charge in [-0.3, -0.25) is 9.59 Å². The van der Waals surface area contributed by atoms with Crippen molar-refractivity contribution in [1.29, 1.82) is 0 Å². The summed E-state index contributed by atoms with van der Waals surface area (Å²) in [5, 5.41) is 3.13. The average molecular weight is 588 g/mol. The number of carbonyl (C=O) groups is 2. The standard InChI is InChI=1S/C36H37N5O3/c1-26(42)39-20-22-40(23-21-39)36-38-33-11-7-6-10-32(33)34(24-35(43)37-25-27-12-18-31(44-2)19-13-27)41(36)30-16-14-29(15-17-30)28-8-4-3-5-9-28/h3-19,34H,20-25H2,1-2H3,(H,37,43). The lowest BCUT2D eigenvalue weighted by molar-refractivity contribution is -0.130. The molecule has 44 heavy (non-hydrogen) atoms. The predicted octanol–water partition coefficient (Wildman–Crippen LogP) is 5.78. The lowest BCUT2D eigenvalue weighted by Gasteiger charge is -2.44. The van der Waals surface area contributed by atoms with Crippen LogP contribution in [0.5, 0.6) is 5.75 Å². The van der Waals surface area contributed by atoms with Crippen LogP contribution in [0.25, 0.3) is 11.1 Å². The molecule has 1 unspecified atom stereocenters. The van der Waals surface area contributed by atoms with Gasteiger partial charge < -0.3 is 24.8 Å². The number of benzene rings is 4. The summed E-state index contributed by atoms with van der Waals surface area (Å²) in [6.07, 6.45) is 0.250. The monoisotopic (exact) mass is 587 g/mol. The van der Waals surface area contributed by atoms with Crippen LogP contribution in [0.2, 0.25) is 0 Å². The van der Waals surface area contributed by atoms with Crippen molar-refractivity contribution >= 4 is 29.1 Å². The second kappa shape index (κ2) is 13.0. The maximum absolute atomic E-state index is 13.6. The Morgan fingerprint density at radius 3 is 2.16 bits per heavy atom. The van der Waals surface area contributed by atoms with Crippen LogP contribution in [-0.2, 0) is 16.1 Å². The molecule has 0 bridgehead atoms. The Kier molecular flexibility index (Phi) is 8.59. The Labute approximate surface area is 258 Å². The van der Waals surface area contributed by atoms with Gasteiger partial charge in [-0.05, 0) is 47.0 Å². The van der Waals surface area contributed by atoms with Crippen LogP contribution in [-0.4, -0.2) is 60.9 Å². The normalized spacial score (nSPS) is 16.2. The summed E-state index contributed by atoms with van der Waals surface area (Å²) >= 11 is 0. The third kappa shape index (κ3) is 6.29. The van der Waals surface area contributed by atoms with Crippen molar-refractivity contribution in [2.75, 3.05) is 38.2 Å². The first-order valence-corrected chi connectivity index (χ1v) is 15.0. The molecular weight excluding hydrogens is 550 g/mol. The Morgan fingerprint density at radius 1 is 0.818 bits per heavy atom. The number of methoxy groups -OCH3 is 1. The van der Waals surface area contributed by atoms with Gasteiger partial charge in [0.25, 0.3) is 0 Å². The van der Waals surface area contributed by atoms with E-state index < -0.39 is 0 Å². The van der Waals surface area contributed by atoms with Gasteiger partial charge in [0.2, 0.25) is 17.8 Å². The fourth-order valence-corrected chi connectivity index (χ4v) is 5.89. The first-order valence-electron chi connectivity index (χ1n) is 15.0. The van der Waals surface area contributed by atoms with Crippen LogP contribution >= 0.6 is 0 Å². The number of hydrogen-bond donors (Lipinski definition) is 1. The predicted molar refractivity (Wildman–Crippen MR) is 174 cm³/mol. The van der Waals surface area contributed by atoms with Crippen LogP contribution in [0, 0.1) is 0 Å². The van der Waals surface area contributed by atoms with E-state index in [1.54, 1.807) is 14.0 Å². The largest absolute Gasteiger partial charge is 0.497 e. The molecule has 2 heterocycles. The summed E-state index contributed by atoms with van der Waals surface area (Å²) in [4.78, 5) is 37.1. The number of rotatable bonds is 7. The van der Waals surface area contributed by atoms with Crippen LogP contribution in [0.4, 0.5) is 11.4 Å². The molecule has 4 aromatic rings. The lowest BCUT2D eigenvalue weighted by Crippen LogP contribution is -2.56. The fraction of sp³-hybridized carbons (Fsp3) is 0.250. The van der Waals surface area contributed by atoms with Crippen molar-refractivity contribution in [2.24, 2.45) is 4.99 Å². The highest BCUT2D eigenvalue weighted by molar-refractivity contribution is 6.01. The van der Waals surface area contributed by atoms with E-state index >= 15 is 0 Å². The van der Waals surface area contributed by atoms with Gasteiger partial charge >= 0.3 is 0 Å². The number of nitrogens with one attached hydrogen (secondary N) is 1. The molecule has 2 aliphatic rings. The van der Waals surface area contributed by atoms with Crippen molar-refractivity contribution in [3.63, 3.8) is 0 Å². The molecule has 2 amide bonds. The van der Waals surface area contributed by atoms with E-state index in [1.807, 2.05) is 65.6 Å². The van der Waals surface area contributed by atoms with E-state index in [4.69, 9.17) is 9.73 Å². The highest BCUT2D eigenvalue weighted by Gasteiger charge is 2.36. The molecule has 0 radical (unpaired) electrons. The second-order valence-electron chi connectivity index (χ2n) is 11.1.